The van der Waals surface area contributed by atoms with E-state index in [1.807, 2.05) is 0 Å². The van der Waals surface area contributed by atoms with E-state index in [9.17, 15) is 102 Å². The van der Waals surface area contributed by atoms with Crippen LogP contribution in [0.3, 0.4) is 0 Å². The Kier molecular flexibility index (Phi) is 21.3. The fourth-order valence-electron chi connectivity index (χ4n) is 9.22. The quantitative estimate of drug-likeness (QED) is 0.0606. The predicted molar refractivity (Wildman–Crippen MR) is 222 cm³/mol. The molecule has 424 valence electrons. The van der Waals surface area contributed by atoms with Gasteiger partial charge >= 0.3 is 0 Å². The number of ether oxygens (including phenoxy) is 11. The highest BCUT2D eigenvalue weighted by Crippen LogP contribution is 2.36. The fraction of sp³-hybridized carbons (Fsp3) is 0.950. The molecule has 33 nitrogen and oxygen atoms in total. The second-order valence-corrected chi connectivity index (χ2v) is 18.3. The van der Waals surface area contributed by atoms with E-state index in [1.54, 1.807) is 0 Å². The summed E-state index contributed by atoms with van der Waals surface area (Å²) in [6.07, 6.45) is -53.5. The smallest absolute Gasteiger partial charge is 0.217 e. The molecule has 30 atom stereocenters. The van der Waals surface area contributed by atoms with Gasteiger partial charge < -0.3 is 155 Å². The van der Waals surface area contributed by atoms with Crippen LogP contribution in [0, 0.1) is 0 Å². The summed E-state index contributed by atoms with van der Waals surface area (Å²) < 4.78 is 62.5. The topological polar surface area (TPSA) is 524 Å². The second kappa shape index (κ2) is 26.0. The van der Waals surface area contributed by atoms with Crippen molar-refractivity contribution in [3.05, 3.63) is 0 Å². The van der Waals surface area contributed by atoms with Crippen molar-refractivity contribution in [3.63, 3.8) is 0 Å². The zero-order valence-corrected chi connectivity index (χ0v) is 38.9. The van der Waals surface area contributed by atoms with Gasteiger partial charge in [-0.15, -0.1) is 0 Å². The Morgan fingerprint density at radius 3 is 1.23 bits per heavy atom. The van der Waals surface area contributed by atoms with Crippen LogP contribution in [0.4, 0.5) is 0 Å². The monoisotopic (exact) mass is 1070 g/mol. The van der Waals surface area contributed by atoms with E-state index in [0.29, 0.717) is 0 Å². The Bertz CT molecular complexity index is 1750. The Hall–Kier alpha value is -2.22. The van der Waals surface area contributed by atoms with Crippen molar-refractivity contribution in [3.8, 4) is 0 Å². The highest BCUT2D eigenvalue weighted by atomic mass is 16.8. The summed E-state index contributed by atoms with van der Waals surface area (Å²) in [5, 5.41) is 197. The van der Waals surface area contributed by atoms with Crippen LogP contribution in [0.15, 0.2) is 0 Å². The molecule has 6 heterocycles. The first kappa shape index (κ1) is 60.0. The van der Waals surface area contributed by atoms with E-state index in [4.69, 9.17) is 52.1 Å². The van der Waals surface area contributed by atoms with Gasteiger partial charge in [-0.25, -0.2) is 0 Å². The van der Waals surface area contributed by atoms with Crippen LogP contribution in [0.1, 0.15) is 13.8 Å². The highest BCUT2D eigenvalue weighted by Gasteiger charge is 2.57. The standard InChI is InChI=1S/C40H68N2O31/c1-9(48)41-17-23(54)19(50)11(3-43)65-36(17)63-8-16-22(53)34(30(61)40(69-16)71-32-14(6-46)64-35(62)27(58)26(32)57)72-37-18(42-10(2)49)24(55)31(15(7-47)68-37)70-39-29(60)33(21(52)13(5-45)67-39)73-38-28(59)25(56)20(51)12(4-44)66-38/h11-40,43-47,50-62H,3-8H2,1-2H3,(H,41,48)(H,42,49)/t11-,12-,13-,14-,15-,16-,17-,18-,19-,20+,21+,22+,23-,24-,25+,26-,27-,28-,29-,30-,31-,32-,33+,34+,35?,36-,37+,38-,39+,40+/m1/s1. The molecule has 0 aromatic heterocycles. The van der Waals surface area contributed by atoms with Crippen LogP contribution in [-0.4, -0.2) is 327 Å². The lowest BCUT2D eigenvalue weighted by Crippen LogP contribution is -2.70. The van der Waals surface area contributed by atoms with Gasteiger partial charge in [-0.2, -0.15) is 0 Å². The lowest BCUT2D eigenvalue weighted by Gasteiger charge is -2.50. The summed E-state index contributed by atoms with van der Waals surface area (Å²) in [6, 6.07) is -3.36. The molecule has 6 aliphatic rings. The summed E-state index contributed by atoms with van der Waals surface area (Å²) in [5.41, 5.74) is 0. The van der Waals surface area contributed by atoms with Gasteiger partial charge in [-0.3, -0.25) is 9.59 Å². The van der Waals surface area contributed by atoms with E-state index in [0.717, 1.165) is 13.8 Å². The molecule has 20 N–H and O–H groups in total. The number of carbonyl (C=O) groups is 2. The molecule has 0 aromatic rings. The van der Waals surface area contributed by atoms with Crippen LogP contribution < -0.4 is 10.6 Å². The molecule has 0 saturated carbocycles. The number of rotatable bonds is 18. The molecule has 0 radical (unpaired) electrons. The maximum atomic E-state index is 12.7. The van der Waals surface area contributed by atoms with Gasteiger partial charge in [-0.05, 0) is 0 Å². The Labute approximate surface area is 413 Å². The first-order valence-corrected chi connectivity index (χ1v) is 23.1. The van der Waals surface area contributed by atoms with Gasteiger partial charge in [0.1, 0.15) is 146 Å². The number of amides is 2. The third kappa shape index (κ3) is 13.0. The minimum atomic E-state index is -2.25. The average Bonchev–Trinajstić information content (AvgIpc) is 3.35. The van der Waals surface area contributed by atoms with E-state index < -0.39 is 236 Å². The van der Waals surface area contributed by atoms with Gasteiger partial charge in [0, 0.05) is 13.8 Å². The van der Waals surface area contributed by atoms with Crippen molar-refractivity contribution in [1.82, 2.24) is 10.6 Å². The minimum Gasteiger partial charge on any atom is -0.394 e. The SMILES string of the molecule is CC(=O)N[C@H]1[C@H](O[C@H]2[C@@H](O)[C@@H](CO[C@@H]3O[C@H](CO)[C@@H](O)[C@H](O)[C@H]3NC(C)=O)O[C@@H](O[C@H]3[C@H](O)[C@@H](O)C(O)O[C@@H]3CO)[C@@H]2O)O[C@H](CO)[C@@H](O[C@@H]2O[C@H](CO)[C@H](O)[C@H](O[C@H]3O[C@H](CO)[C@H](O)[C@H](O)[C@H]3O)[C@H]2O)[C@@H]1O. The first-order valence-electron chi connectivity index (χ1n) is 23.1. The molecule has 0 spiro atoms. The van der Waals surface area contributed by atoms with E-state index in [2.05, 4.69) is 10.6 Å². The number of hydrogen-bond acceptors (Lipinski definition) is 31. The van der Waals surface area contributed by atoms with Crippen molar-refractivity contribution in [2.24, 2.45) is 0 Å². The van der Waals surface area contributed by atoms with E-state index in [-0.39, 0.29) is 0 Å². The number of nitrogens with one attached hydrogen (secondary N) is 2. The summed E-state index contributed by atoms with van der Waals surface area (Å²) in [5.74, 6) is -1.61. The van der Waals surface area contributed by atoms with Gasteiger partial charge in [0.15, 0.2) is 37.7 Å². The van der Waals surface area contributed by atoms with Crippen LogP contribution in [-0.2, 0) is 61.7 Å². The third-order valence-electron chi connectivity index (χ3n) is 13.2. The second-order valence-electron chi connectivity index (χ2n) is 18.3. The lowest BCUT2D eigenvalue weighted by molar-refractivity contribution is -0.388. The zero-order chi connectivity index (χ0) is 53.9. The molecule has 6 fully saturated rings. The summed E-state index contributed by atoms with van der Waals surface area (Å²) >= 11 is 0. The minimum absolute atomic E-state index is 0.730. The van der Waals surface area contributed by atoms with Crippen molar-refractivity contribution in [1.29, 1.82) is 0 Å². The van der Waals surface area contributed by atoms with Crippen LogP contribution in [0.5, 0.6) is 0 Å². The number of carbonyl (C=O) groups excluding carboxylic acids is 2. The molecular formula is C40H68N2O31. The normalized spacial score (nSPS) is 49.8. The molecule has 0 aromatic carbocycles. The Morgan fingerprint density at radius 2 is 0.726 bits per heavy atom. The lowest BCUT2D eigenvalue weighted by atomic mass is 9.94. The summed E-state index contributed by atoms with van der Waals surface area (Å²) in [6.45, 7) is -3.58. The maximum absolute atomic E-state index is 12.7. The number of aliphatic hydroxyl groups is 18. The molecule has 0 aliphatic carbocycles. The van der Waals surface area contributed by atoms with E-state index >= 15 is 0 Å². The largest absolute Gasteiger partial charge is 0.394 e. The third-order valence-corrected chi connectivity index (χ3v) is 13.2. The van der Waals surface area contributed by atoms with Gasteiger partial charge in [-0.1, -0.05) is 0 Å². The maximum Gasteiger partial charge on any atom is 0.217 e. The van der Waals surface area contributed by atoms with Crippen molar-refractivity contribution in [2.45, 2.75) is 198 Å². The van der Waals surface area contributed by atoms with Gasteiger partial charge in [0.25, 0.3) is 0 Å². The molecule has 6 rings (SSSR count). The highest BCUT2D eigenvalue weighted by molar-refractivity contribution is 5.73. The molecule has 33 heteroatoms. The summed E-state index contributed by atoms with van der Waals surface area (Å²) in [7, 11) is 0. The van der Waals surface area contributed by atoms with Crippen LogP contribution in [0.2, 0.25) is 0 Å². The number of hydrogen-bond donors (Lipinski definition) is 20. The molecular weight excluding hydrogens is 1000 g/mol. The Balaban J connectivity index is 1.26. The molecule has 6 aliphatic heterocycles. The zero-order valence-electron chi connectivity index (χ0n) is 38.9. The number of aliphatic hydroxyl groups excluding tert-OH is 18. The molecule has 0 bridgehead atoms. The molecule has 1 unspecified atom stereocenters. The predicted octanol–water partition coefficient (Wildman–Crippen LogP) is -13.8. The Morgan fingerprint density at radius 1 is 0.356 bits per heavy atom. The van der Waals surface area contributed by atoms with Gasteiger partial charge in [0.05, 0.1) is 39.6 Å². The average molecular weight is 1070 g/mol. The molecule has 2 amide bonds. The van der Waals surface area contributed by atoms with E-state index in [1.165, 1.54) is 0 Å². The fourth-order valence-corrected chi connectivity index (χ4v) is 9.22. The van der Waals surface area contributed by atoms with Crippen molar-refractivity contribution in [2.75, 3.05) is 39.6 Å². The van der Waals surface area contributed by atoms with Crippen LogP contribution >= 0.6 is 0 Å². The van der Waals surface area contributed by atoms with Crippen molar-refractivity contribution >= 4 is 11.8 Å². The molecule has 73 heavy (non-hydrogen) atoms. The van der Waals surface area contributed by atoms with Crippen LogP contribution in [0.25, 0.3) is 0 Å². The summed E-state index contributed by atoms with van der Waals surface area (Å²) in [4.78, 5) is 24.8. The molecule has 6 saturated heterocycles. The van der Waals surface area contributed by atoms with Gasteiger partial charge in [0.2, 0.25) is 11.8 Å². The van der Waals surface area contributed by atoms with Crippen molar-refractivity contribution < 1.29 is 154 Å². The first-order chi connectivity index (χ1) is 34.5.